The van der Waals surface area contributed by atoms with Crippen LogP contribution in [0.1, 0.15) is 118 Å². The summed E-state index contributed by atoms with van der Waals surface area (Å²) < 4.78 is 5.45. The van der Waals surface area contributed by atoms with Crippen LogP contribution in [-0.2, 0) is 36.7 Å². The first-order chi connectivity index (χ1) is 24.0. The fraction of sp³-hybridized carbons (Fsp3) is 0.467. The SMILES string of the molecule is CCC(C)(CC)C(=O)/C=C(\O)C(C)(CC)CC.Cc1c(CC(C)C)sc2c1ccc1c3ccnc(-c4[c-]c5ccsc5c(C(C)(C)C)c4)c3sc12.[Ir]. The van der Waals surface area contributed by atoms with Crippen molar-refractivity contribution in [2.24, 2.45) is 16.7 Å². The van der Waals surface area contributed by atoms with Crippen molar-refractivity contribution in [1.29, 1.82) is 0 Å². The summed E-state index contributed by atoms with van der Waals surface area (Å²) in [4.78, 5) is 18.6. The fourth-order valence-electron chi connectivity index (χ4n) is 6.62. The van der Waals surface area contributed by atoms with Gasteiger partial charge in [-0.1, -0.05) is 99.4 Å². The van der Waals surface area contributed by atoms with Gasteiger partial charge >= 0.3 is 0 Å². The fourth-order valence-corrected chi connectivity index (χ4v) is 10.7. The van der Waals surface area contributed by atoms with Gasteiger partial charge in [0.1, 0.15) is 5.76 Å². The Labute approximate surface area is 337 Å². The molecule has 281 valence electrons. The molecule has 3 nitrogen and oxygen atoms in total. The molecule has 7 heteroatoms. The van der Waals surface area contributed by atoms with Crippen LogP contribution < -0.4 is 0 Å². The molecule has 52 heavy (non-hydrogen) atoms. The maximum atomic E-state index is 12.2. The molecule has 0 saturated carbocycles. The van der Waals surface area contributed by atoms with Crippen LogP contribution in [0.3, 0.4) is 0 Å². The number of carbonyl (C=O) groups is 1. The van der Waals surface area contributed by atoms with Crippen LogP contribution >= 0.6 is 34.0 Å². The van der Waals surface area contributed by atoms with E-state index in [1.165, 1.54) is 62.4 Å². The maximum absolute atomic E-state index is 12.2. The molecule has 1 radical (unpaired) electrons. The Balaban J connectivity index is 0.000000289. The average Bonchev–Trinajstić information content (AvgIpc) is 3.82. The monoisotopic (exact) mass is 931 g/mol. The second-order valence-corrected chi connectivity index (χ2v) is 19.2. The summed E-state index contributed by atoms with van der Waals surface area (Å²) in [6.07, 6.45) is 7.88. The van der Waals surface area contributed by atoms with E-state index >= 15 is 0 Å². The summed E-state index contributed by atoms with van der Waals surface area (Å²) in [5.41, 5.74) is 4.45. The van der Waals surface area contributed by atoms with E-state index in [1.54, 1.807) is 0 Å². The van der Waals surface area contributed by atoms with Crippen LogP contribution in [0, 0.1) is 29.7 Å². The molecule has 1 N–H and O–H groups in total. The summed E-state index contributed by atoms with van der Waals surface area (Å²) in [6, 6.07) is 15.1. The van der Waals surface area contributed by atoms with Crippen LogP contribution in [0.25, 0.3) is 51.6 Å². The molecule has 0 aliphatic carbocycles. The van der Waals surface area contributed by atoms with Crippen LogP contribution in [0.5, 0.6) is 0 Å². The number of fused-ring (bicyclic) bond motifs is 6. The van der Waals surface area contributed by atoms with E-state index in [2.05, 4.69) is 83.3 Å². The molecule has 0 fully saturated rings. The molecular weight excluding hydrogens is 875 g/mol. The molecule has 0 bridgehead atoms. The minimum atomic E-state index is -0.337. The summed E-state index contributed by atoms with van der Waals surface area (Å²) in [7, 11) is 0. The van der Waals surface area contributed by atoms with Gasteiger partial charge in [-0.05, 0) is 82.8 Å². The average molecular weight is 931 g/mol. The molecule has 2 aromatic carbocycles. The number of carbonyl (C=O) groups excluding carboxylic acids is 1. The van der Waals surface area contributed by atoms with Crippen LogP contribution in [0.2, 0.25) is 0 Å². The third-order valence-corrected chi connectivity index (χ3v) is 15.0. The number of nitrogens with zero attached hydrogens (tertiary/aromatic N) is 1. The van der Waals surface area contributed by atoms with Crippen molar-refractivity contribution in [3.05, 3.63) is 75.8 Å². The van der Waals surface area contributed by atoms with E-state index in [4.69, 9.17) is 4.98 Å². The second kappa shape index (κ2) is 16.5. The quantitative estimate of drug-likeness (QED) is 0.0846. The van der Waals surface area contributed by atoms with Gasteiger partial charge in [-0.2, -0.15) is 11.3 Å². The number of thiophene rings is 3. The number of rotatable bonds is 10. The van der Waals surface area contributed by atoms with Gasteiger partial charge in [0.15, 0.2) is 5.78 Å². The molecule has 0 saturated heterocycles. The van der Waals surface area contributed by atoms with E-state index in [9.17, 15) is 9.90 Å². The van der Waals surface area contributed by atoms with Crippen molar-refractivity contribution < 1.29 is 30.0 Å². The summed E-state index contributed by atoms with van der Waals surface area (Å²) in [5, 5.41) is 17.6. The summed E-state index contributed by atoms with van der Waals surface area (Å²) in [5.74, 6) is 0.953. The Kier molecular flexibility index (Phi) is 13.5. The standard InChI is InChI=1S/C30H28NS3.C15H28O2.Ir/c1-16(2)13-24-17(3)20-7-8-21-22-9-11-31-25(27(22)34-29(21)28(20)33-24)19-14-18-10-12-32-26(18)23(15-19)30(4,5)6;1-7-14(5,8-2)12(16)11-13(17)15(6,9-3)10-4;/h7-12,15-16H,13H2,1-6H3;11,16H,7-10H2,1-6H3;/q-1;;/b;12-11-;. The zero-order valence-electron chi connectivity index (χ0n) is 33.1. The summed E-state index contributed by atoms with van der Waals surface area (Å²) >= 11 is 5.71. The number of allylic oxidation sites excluding steroid dienone is 2. The maximum Gasteiger partial charge on any atom is 0.164 e. The third-order valence-electron chi connectivity index (χ3n) is 11.3. The number of benzene rings is 2. The predicted octanol–water partition coefficient (Wildman–Crippen LogP) is 14.8. The number of aliphatic hydroxyl groups is 1. The third kappa shape index (κ3) is 8.15. The van der Waals surface area contributed by atoms with E-state index in [-0.39, 0.29) is 47.9 Å². The molecule has 0 spiro atoms. The van der Waals surface area contributed by atoms with Gasteiger partial charge in [-0.15, -0.1) is 46.3 Å². The molecule has 0 amide bonds. The molecule has 0 aliphatic heterocycles. The smallest absolute Gasteiger partial charge is 0.164 e. The molecule has 4 heterocycles. The van der Waals surface area contributed by atoms with E-state index in [0.717, 1.165) is 43.4 Å². The molecule has 0 aliphatic rings. The van der Waals surface area contributed by atoms with E-state index in [1.807, 2.05) is 81.7 Å². The largest absolute Gasteiger partial charge is 0.512 e. The van der Waals surface area contributed by atoms with Gasteiger partial charge in [0.2, 0.25) is 0 Å². The minimum absolute atomic E-state index is 0. The predicted molar refractivity (Wildman–Crippen MR) is 227 cm³/mol. The van der Waals surface area contributed by atoms with Crippen molar-refractivity contribution in [3.63, 3.8) is 0 Å². The first-order valence-electron chi connectivity index (χ1n) is 18.6. The van der Waals surface area contributed by atoms with Crippen LogP contribution in [0.15, 0.2) is 53.7 Å². The van der Waals surface area contributed by atoms with E-state index < -0.39 is 0 Å². The Morgan fingerprint density at radius 2 is 1.44 bits per heavy atom. The van der Waals surface area contributed by atoms with Gasteiger partial charge in [-0.25, -0.2) is 0 Å². The molecule has 0 unspecified atom stereocenters. The number of aryl methyl sites for hydroxylation is 1. The zero-order valence-corrected chi connectivity index (χ0v) is 37.9. The van der Waals surface area contributed by atoms with Gasteiger partial charge in [0.25, 0.3) is 0 Å². The molecule has 6 rings (SSSR count). The van der Waals surface area contributed by atoms with Crippen LogP contribution in [0.4, 0.5) is 0 Å². The molecule has 4 aromatic heterocycles. The number of aromatic nitrogens is 1. The Morgan fingerprint density at radius 3 is 2.04 bits per heavy atom. The zero-order chi connectivity index (χ0) is 37.5. The summed E-state index contributed by atoms with van der Waals surface area (Å²) in [6.45, 7) is 25.9. The number of ketones is 1. The minimum Gasteiger partial charge on any atom is -0.512 e. The second-order valence-electron chi connectivity index (χ2n) is 16.1. The number of hydrogen-bond donors (Lipinski definition) is 1. The normalized spacial score (nSPS) is 12.9. The van der Waals surface area contributed by atoms with Crippen molar-refractivity contribution >= 4 is 80.1 Å². The van der Waals surface area contributed by atoms with Crippen molar-refractivity contribution in [3.8, 4) is 11.3 Å². The molecular formula is C45H56IrNO2S3-. The van der Waals surface area contributed by atoms with Crippen LogP contribution in [-0.4, -0.2) is 15.9 Å². The number of hydrogen-bond acceptors (Lipinski definition) is 6. The topological polar surface area (TPSA) is 50.2 Å². The number of pyridine rings is 1. The Morgan fingerprint density at radius 1 is 0.846 bits per heavy atom. The van der Waals surface area contributed by atoms with E-state index in [0.29, 0.717) is 5.92 Å². The first kappa shape index (κ1) is 42.3. The van der Waals surface area contributed by atoms with Gasteiger partial charge in [0.05, 0.1) is 9.40 Å². The Bertz CT molecular complexity index is 2220. The molecule has 6 aromatic rings. The van der Waals surface area contributed by atoms with Crippen molar-refractivity contribution in [1.82, 2.24) is 4.98 Å². The van der Waals surface area contributed by atoms with Crippen molar-refractivity contribution in [2.45, 2.75) is 121 Å². The van der Waals surface area contributed by atoms with Gasteiger partial charge < -0.3 is 5.11 Å². The molecule has 0 atom stereocenters. The number of aliphatic hydroxyl groups excluding tert-OH is 1. The Hall–Kier alpha value is -2.41. The van der Waals surface area contributed by atoms with Gasteiger partial charge in [0, 0.05) is 63.9 Å². The van der Waals surface area contributed by atoms with Crippen molar-refractivity contribution in [2.75, 3.05) is 0 Å². The first-order valence-corrected chi connectivity index (χ1v) is 21.1. The van der Waals surface area contributed by atoms with Gasteiger partial charge in [-0.3, -0.25) is 9.78 Å².